The molecule has 0 aliphatic heterocycles. The van der Waals surface area contributed by atoms with Gasteiger partial charge in [0.15, 0.2) is 8.96 Å². The summed E-state index contributed by atoms with van der Waals surface area (Å²) in [4.78, 5) is 0. The third kappa shape index (κ3) is 2.15. The molecule has 0 radical (unpaired) electrons. The van der Waals surface area contributed by atoms with Crippen molar-refractivity contribution in [2.45, 2.75) is 0 Å². The molecule has 3 heteroatoms. The summed E-state index contributed by atoms with van der Waals surface area (Å²) in [5, 5.41) is 1.43. The van der Waals surface area contributed by atoms with Crippen molar-refractivity contribution < 1.29 is 0 Å². The summed E-state index contributed by atoms with van der Waals surface area (Å²) in [6.07, 6.45) is 0. The van der Waals surface area contributed by atoms with Gasteiger partial charge in [0.05, 0.1) is 10.4 Å². The lowest BCUT2D eigenvalue weighted by atomic mass is 10.4. The molecule has 1 N–H and O–H groups in total. The normalized spacial score (nSPS) is 12.7. The van der Waals surface area contributed by atoms with Crippen LogP contribution in [0.15, 0.2) is 42.6 Å². The molecule has 1 aromatic rings. The van der Waals surface area contributed by atoms with E-state index < -0.39 is 8.96 Å². The van der Waals surface area contributed by atoms with Gasteiger partial charge in [0, 0.05) is 0 Å². The Morgan fingerprint density at radius 2 is 2.00 bits per heavy atom. The van der Waals surface area contributed by atoms with E-state index in [1.807, 2.05) is 6.07 Å². The van der Waals surface area contributed by atoms with Crippen molar-refractivity contribution in [1.29, 1.82) is 0 Å². The molecule has 1 unspecified atom stereocenters. The second kappa shape index (κ2) is 4.28. The Labute approximate surface area is 72.3 Å². The molecule has 0 aliphatic carbocycles. The predicted molar refractivity (Wildman–Crippen MR) is 56.5 cm³/mol. The number of rotatable bonds is 3. The molecule has 58 valence electrons. The van der Waals surface area contributed by atoms with Crippen molar-refractivity contribution in [2.75, 3.05) is 0 Å². The number of hydrogen-bond donors (Lipinski definition) is 1. The van der Waals surface area contributed by atoms with Gasteiger partial charge in [0.1, 0.15) is 0 Å². The molecule has 11 heavy (non-hydrogen) atoms. The Hall–Kier alpha value is -0.646. The van der Waals surface area contributed by atoms with Crippen molar-refractivity contribution in [3.05, 3.63) is 42.6 Å². The van der Waals surface area contributed by atoms with E-state index in [9.17, 15) is 0 Å². The lowest BCUT2D eigenvalue weighted by molar-refractivity contribution is 1.58. The summed E-state index contributed by atoms with van der Waals surface area (Å²) in [6.45, 7) is 3.83. The molecule has 0 spiro atoms. The molecule has 0 aliphatic rings. The summed E-state index contributed by atoms with van der Waals surface area (Å²) in [5.74, 6) is 0. The van der Waals surface area contributed by atoms with Gasteiger partial charge in [-0.15, -0.1) is 6.58 Å². The van der Waals surface area contributed by atoms with E-state index in [2.05, 4.69) is 41.2 Å². The van der Waals surface area contributed by atoms with Crippen molar-refractivity contribution in [3.8, 4) is 0 Å². The highest BCUT2D eigenvalue weighted by atomic mass is 28.3. The number of benzene rings is 1. The molecule has 1 atom stereocenters. The van der Waals surface area contributed by atoms with Crippen LogP contribution < -0.4 is 9.83 Å². The molecule has 0 aromatic heterocycles. The zero-order chi connectivity index (χ0) is 8.10. The van der Waals surface area contributed by atoms with Crippen molar-refractivity contribution >= 4 is 24.5 Å². The first-order valence-corrected chi connectivity index (χ1v) is 6.55. The van der Waals surface area contributed by atoms with Crippen LogP contribution >= 0.6 is 0 Å². The molecule has 0 heterocycles. The van der Waals surface area contributed by atoms with Crippen molar-refractivity contribution in [1.82, 2.24) is 4.65 Å². The zero-order valence-corrected chi connectivity index (χ0v) is 9.90. The van der Waals surface area contributed by atoms with Gasteiger partial charge >= 0.3 is 0 Å². The SMILES string of the molecule is C=C[SiH](N[SiH3])c1ccccc1. The van der Waals surface area contributed by atoms with E-state index in [1.165, 1.54) is 5.19 Å². The van der Waals surface area contributed by atoms with Gasteiger partial charge < -0.3 is 4.65 Å². The molecule has 0 bridgehead atoms. The minimum absolute atomic E-state index is 0.975. The Bertz CT molecular complexity index is 223. The topological polar surface area (TPSA) is 12.0 Å². The first kappa shape index (κ1) is 8.45. The van der Waals surface area contributed by atoms with Crippen LogP contribution in [-0.4, -0.2) is 19.4 Å². The highest BCUT2D eigenvalue weighted by Gasteiger charge is 2.03. The van der Waals surface area contributed by atoms with Gasteiger partial charge in [0.25, 0.3) is 0 Å². The molecule has 1 aromatic carbocycles. The molecule has 1 rings (SSSR count). The van der Waals surface area contributed by atoms with Gasteiger partial charge in [-0.25, -0.2) is 0 Å². The molecule has 0 saturated carbocycles. The van der Waals surface area contributed by atoms with Gasteiger partial charge in [-0.1, -0.05) is 36.0 Å². The van der Waals surface area contributed by atoms with E-state index >= 15 is 0 Å². The summed E-state index contributed by atoms with van der Waals surface area (Å²) < 4.78 is 3.43. The van der Waals surface area contributed by atoms with Crippen LogP contribution in [0.3, 0.4) is 0 Å². The summed E-state index contributed by atoms with van der Waals surface area (Å²) >= 11 is 0. The van der Waals surface area contributed by atoms with Gasteiger partial charge in [-0.05, 0) is 5.19 Å². The zero-order valence-electron chi connectivity index (χ0n) is 6.75. The van der Waals surface area contributed by atoms with Crippen LogP contribution in [0.5, 0.6) is 0 Å². The monoisotopic (exact) mass is 179 g/mol. The summed E-state index contributed by atoms with van der Waals surface area (Å²) in [7, 11) is 0.0823. The second-order valence-electron chi connectivity index (χ2n) is 2.41. The first-order chi connectivity index (χ1) is 5.38. The fraction of sp³-hybridized carbons (Fsp3) is 0. The average molecular weight is 179 g/mol. The Kier molecular flexibility index (Phi) is 3.29. The lowest BCUT2D eigenvalue weighted by Crippen LogP contribution is -2.41. The van der Waals surface area contributed by atoms with Crippen LogP contribution in [0.4, 0.5) is 0 Å². The third-order valence-electron chi connectivity index (χ3n) is 1.71. The maximum absolute atomic E-state index is 3.83. The van der Waals surface area contributed by atoms with Gasteiger partial charge in [0.2, 0.25) is 0 Å². The fourth-order valence-corrected chi connectivity index (χ4v) is 4.27. The van der Waals surface area contributed by atoms with Crippen LogP contribution in [0.1, 0.15) is 0 Å². The van der Waals surface area contributed by atoms with Gasteiger partial charge in [-0.3, -0.25) is 0 Å². The van der Waals surface area contributed by atoms with Gasteiger partial charge in [-0.2, -0.15) is 0 Å². The van der Waals surface area contributed by atoms with E-state index in [-0.39, 0.29) is 0 Å². The first-order valence-electron chi connectivity index (χ1n) is 3.73. The smallest absolute Gasteiger partial charge is 0.158 e. The van der Waals surface area contributed by atoms with Crippen LogP contribution in [0, 0.1) is 0 Å². The molecular weight excluding hydrogens is 166 g/mol. The highest BCUT2D eigenvalue weighted by molar-refractivity contribution is 6.78. The Morgan fingerprint density at radius 1 is 1.36 bits per heavy atom. The van der Waals surface area contributed by atoms with Crippen molar-refractivity contribution in [2.24, 2.45) is 0 Å². The second-order valence-corrected chi connectivity index (χ2v) is 6.82. The van der Waals surface area contributed by atoms with E-state index in [1.54, 1.807) is 0 Å². The Morgan fingerprint density at radius 3 is 2.45 bits per heavy atom. The van der Waals surface area contributed by atoms with Crippen LogP contribution in [0.25, 0.3) is 0 Å². The molecule has 1 nitrogen and oxygen atoms in total. The van der Waals surface area contributed by atoms with Crippen LogP contribution in [0.2, 0.25) is 0 Å². The standard InChI is InChI=1S/C8H13NSi2/c1-2-11(9-10)8-6-4-3-5-7-8/h2-7,9,11H,1H2,10H3. The summed E-state index contributed by atoms with van der Waals surface area (Å²) in [5.41, 5.74) is 2.07. The van der Waals surface area contributed by atoms with E-state index in [0.717, 1.165) is 10.4 Å². The summed E-state index contributed by atoms with van der Waals surface area (Å²) in [6, 6.07) is 10.5. The molecular formula is C8H13NSi2. The molecule has 0 fully saturated rings. The van der Waals surface area contributed by atoms with E-state index in [0.29, 0.717) is 0 Å². The largest absolute Gasteiger partial charge is 0.362 e. The molecule has 0 saturated heterocycles. The molecule has 0 amide bonds. The third-order valence-corrected chi connectivity index (χ3v) is 5.77. The highest BCUT2D eigenvalue weighted by Crippen LogP contribution is 1.85. The lowest BCUT2D eigenvalue weighted by Gasteiger charge is -2.08. The number of nitrogens with one attached hydrogen (secondary N) is 1. The maximum atomic E-state index is 3.83. The Balaban J connectivity index is 2.82. The van der Waals surface area contributed by atoms with E-state index in [4.69, 9.17) is 0 Å². The quantitative estimate of drug-likeness (QED) is 0.600. The number of hydrogen-bond acceptors (Lipinski definition) is 1. The maximum Gasteiger partial charge on any atom is 0.158 e. The minimum Gasteiger partial charge on any atom is -0.362 e. The fourth-order valence-electron chi connectivity index (χ4n) is 1.08. The minimum atomic E-state index is -0.975. The van der Waals surface area contributed by atoms with Crippen LogP contribution in [-0.2, 0) is 0 Å². The predicted octanol–water partition coefficient (Wildman–Crippen LogP) is -0.787. The van der Waals surface area contributed by atoms with Crippen molar-refractivity contribution in [3.63, 3.8) is 0 Å². The average Bonchev–Trinajstić information content (AvgIpc) is 2.09.